The minimum Gasteiger partial charge on any atom is -0.414 e. The van der Waals surface area contributed by atoms with Crippen LogP contribution in [0, 0.1) is 0 Å². The topological polar surface area (TPSA) is 9.23 Å². The van der Waals surface area contributed by atoms with E-state index < -0.39 is 32.3 Å². The van der Waals surface area contributed by atoms with Gasteiger partial charge in [-0.25, -0.2) is 8.78 Å². The van der Waals surface area contributed by atoms with Gasteiger partial charge in [0.1, 0.15) is 4.84 Å². The fourth-order valence-electron chi connectivity index (χ4n) is 4.59. The smallest absolute Gasteiger partial charge is 0.241 e. The molecule has 1 aliphatic heterocycles. The van der Waals surface area contributed by atoms with Crippen LogP contribution in [-0.4, -0.2) is 32.3 Å². The Bertz CT molecular complexity index is 338. The first kappa shape index (κ1) is 20.9. The van der Waals surface area contributed by atoms with Crippen LogP contribution in [0.25, 0.3) is 0 Å². The second-order valence-electron chi connectivity index (χ2n) is 6.66. The van der Waals surface area contributed by atoms with E-state index in [2.05, 4.69) is 27.7 Å². The van der Waals surface area contributed by atoms with Crippen LogP contribution in [0.1, 0.15) is 47.0 Å². The zero-order chi connectivity index (χ0) is 17.0. The van der Waals surface area contributed by atoms with Gasteiger partial charge < -0.3 is 4.43 Å². The summed E-state index contributed by atoms with van der Waals surface area (Å²) in [5.74, 6) is 0. The van der Waals surface area contributed by atoms with E-state index in [-0.39, 0.29) is 6.42 Å². The van der Waals surface area contributed by atoms with Crippen molar-refractivity contribution in [3.05, 3.63) is 0 Å². The second-order valence-corrected chi connectivity index (χ2v) is 21.9. The van der Waals surface area contributed by atoms with Crippen LogP contribution in [0.3, 0.4) is 0 Å². The molecule has 22 heavy (non-hydrogen) atoms. The summed E-state index contributed by atoms with van der Waals surface area (Å²) >= 11 is 11.9. The molecular formula is C15H30Cl2F2OSi2. The molecular weight excluding hydrogens is 361 g/mol. The normalized spacial score (nSPS) is 27.5. The SMILES string of the molecule is CC[Si]1(CC)CCC(CC(F)F)(CC(Cl)Cl)O[Si]1(CC)CC. The first-order chi connectivity index (χ1) is 10.2. The molecule has 0 aromatic carbocycles. The van der Waals surface area contributed by atoms with Crippen LogP contribution in [0.15, 0.2) is 0 Å². The molecule has 0 aromatic rings. The Labute approximate surface area is 146 Å². The van der Waals surface area contributed by atoms with Crippen molar-refractivity contribution in [2.45, 2.75) is 94.0 Å². The zero-order valence-corrected chi connectivity index (χ0v) is 17.7. The third-order valence-electron chi connectivity index (χ3n) is 5.99. The molecule has 0 spiro atoms. The molecule has 1 fully saturated rings. The molecule has 1 nitrogen and oxygen atoms in total. The molecule has 0 bridgehead atoms. The van der Waals surface area contributed by atoms with Gasteiger partial charge in [0, 0.05) is 12.8 Å². The lowest BCUT2D eigenvalue weighted by atomic mass is 9.93. The Morgan fingerprint density at radius 3 is 1.91 bits per heavy atom. The Kier molecular flexibility index (Phi) is 7.86. The number of hydrogen-bond acceptors (Lipinski definition) is 1. The van der Waals surface area contributed by atoms with E-state index in [1.165, 1.54) is 12.1 Å². The third-order valence-corrected chi connectivity index (χ3v) is 26.3. The summed E-state index contributed by atoms with van der Waals surface area (Å²) in [6, 6.07) is 5.55. The summed E-state index contributed by atoms with van der Waals surface area (Å²) in [6.07, 6.45) is -1.57. The van der Waals surface area contributed by atoms with Crippen molar-refractivity contribution in [2.24, 2.45) is 0 Å². The van der Waals surface area contributed by atoms with Crippen LogP contribution >= 0.6 is 23.2 Å². The Balaban J connectivity index is 3.21. The quantitative estimate of drug-likeness (QED) is 0.337. The van der Waals surface area contributed by atoms with Crippen molar-refractivity contribution in [1.29, 1.82) is 0 Å². The van der Waals surface area contributed by atoms with Gasteiger partial charge in [0.05, 0.1) is 13.2 Å². The van der Waals surface area contributed by atoms with Crippen molar-refractivity contribution in [2.75, 3.05) is 0 Å². The van der Waals surface area contributed by atoms with E-state index in [9.17, 15) is 8.78 Å². The molecule has 0 saturated carbocycles. The molecule has 1 unspecified atom stereocenters. The fourth-order valence-corrected chi connectivity index (χ4v) is 24.1. The lowest BCUT2D eigenvalue weighted by molar-refractivity contribution is -0.0184. The molecule has 1 saturated heterocycles. The number of alkyl halides is 4. The van der Waals surface area contributed by atoms with Gasteiger partial charge in [0.15, 0.2) is 7.83 Å². The van der Waals surface area contributed by atoms with E-state index in [1.54, 1.807) is 0 Å². The van der Waals surface area contributed by atoms with Gasteiger partial charge in [-0.3, -0.25) is 0 Å². The molecule has 1 aliphatic rings. The van der Waals surface area contributed by atoms with Crippen LogP contribution < -0.4 is 0 Å². The molecule has 1 atom stereocenters. The van der Waals surface area contributed by atoms with Crippen molar-refractivity contribution < 1.29 is 13.2 Å². The molecule has 0 amide bonds. The minimum atomic E-state index is -2.37. The Morgan fingerprint density at radius 2 is 1.55 bits per heavy atom. The maximum atomic E-state index is 13.2. The van der Waals surface area contributed by atoms with Gasteiger partial charge >= 0.3 is 0 Å². The van der Waals surface area contributed by atoms with Crippen LogP contribution in [0.2, 0.25) is 30.2 Å². The summed E-state index contributed by atoms with van der Waals surface area (Å²) in [5.41, 5.74) is -0.804. The maximum Gasteiger partial charge on any atom is 0.241 e. The first-order valence-corrected chi connectivity index (χ1v) is 15.3. The van der Waals surface area contributed by atoms with Gasteiger partial charge in [0.2, 0.25) is 6.43 Å². The molecule has 0 N–H and O–H groups in total. The average molecular weight is 391 g/mol. The van der Waals surface area contributed by atoms with Crippen molar-refractivity contribution in [1.82, 2.24) is 0 Å². The molecule has 1 rings (SSSR count). The van der Waals surface area contributed by atoms with Crippen molar-refractivity contribution in [3.8, 4) is 0 Å². The third kappa shape index (κ3) is 4.08. The Morgan fingerprint density at radius 1 is 1.00 bits per heavy atom. The van der Waals surface area contributed by atoms with E-state index >= 15 is 0 Å². The van der Waals surface area contributed by atoms with Crippen molar-refractivity contribution in [3.63, 3.8) is 0 Å². The lowest BCUT2D eigenvalue weighted by Crippen LogP contribution is -2.70. The highest BCUT2D eigenvalue weighted by Gasteiger charge is 2.59. The van der Waals surface area contributed by atoms with E-state index in [0.29, 0.717) is 12.8 Å². The standard InChI is InChI=1S/C15H30Cl2F2OSi2/c1-5-21(6-2)10-9-15(11-13(16)17,12-14(18)19)20-22(21,7-3)8-4/h13-14H,5-12H2,1-4H3. The summed E-state index contributed by atoms with van der Waals surface area (Å²) in [5, 5.41) is 0. The zero-order valence-electron chi connectivity index (χ0n) is 14.2. The van der Waals surface area contributed by atoms with Gasteiger partial charge in [-0.15, -0.1) is 23.2 Å². The van der Waals surface area contributed by atoms with Gasteiger partial charge in [-0.2, -0.15) is 0 Å². The summed E-state index contributed by atoms with van der Waals surface area (Å²) < 4.78 is 33.1. The Hall–Kier alpha value is 0.834. The summed E-state index contributed by atoms with van der Waals surface area (Å²) in [7, 11) is -3.51. The summed E-state index contributed by atoms with van der Waals surface area (Å²) in [6.45, 7) is 8.94. The van der Waals surface area contributed by atoms with Crippen LogP contribution in [0.4, 0.5) is 8.78 Å². The highest BCUT2D eigenvalue weighted by molar-refractivity contribution is 7.40. The molecule has 0 aromatic heterocycles. The fraction of sp³-hybridized carbons (Fsp3) is 1.00. The molecule has 132 valence electrons. The predicted octanol–water partition coefficient (Wildman–Crippen LogP) is 6.55. The van der Waals surface area contributed by atoms with Crippen molar-refractivity contribution >= 4 is 38.6 Å². The van der Waals surface area contributed by atoms with Gasteiger partial charge in [-0.1, -0.05) is 45.8 Å². The van der Waals surface area contributed by atoms with E-state index in [0.717, 1.165) is 18.1 Å². The van der Waals surface area contributed by atoms with E-state index in [4.69, 9.17) is 27.6 Å². The molecule has 0 aliphatic carbocycles. The average Bonchev–Trinajstić information content (AvgIpc) is 2.45. The molecule has 1 heterocycles. The number of rotatable bonds is 8. The highest BCUT2D eigenvalue weighted by Crippen LogP contribution is 2.50. The van der Waals surface area contributed by atoms with Crippen LogP contribution in [0.5, 0.6) is 0 Å². The molecule has 7 heteroatoms. The first-order valence-electron chi connectivity index (χ1n) is 8.50. The maximum absolute atomic E-state index is 13.2. The lowest BCUT2D eigenvalue weighted by Gasteiger charge is -2.57. The van der Waals surface area contributed by atoms with Gasteiger partial charge in [-0.05, 0) is 18.5 Å². The van der Waals surface area contributed by atoms with E-state index in [1.807, 2.05) is 0 Å². The van der Waals surface area contributed by atoms with Crippen LogP contribution in [-0.2, 0) is 4.43 Å². The predicted molar refractivity (Wildman–Crippen MR) is 97.4 cm³/mol. The minimum absolute atomic E-state index is 0.227. The monoisotopic (exact) mass is 390 g/mol. The summed E-state index contributed by atoms with van der Waals surface area (Å²) in [4.78, 5) is -0.642. The largest absolute Gasteiger partial charge is 0.414 e. The highest BCUT2D eigenvalue weighted by atomic mass is 35.5. The number of halogens is 4. The number of hydrogen-bond donors (Lipinski definition) is 0. The second kappa shape index (κ2) is 8.28. The molecule has 0 radical (unpaired) electrons. The van der Waals surface area contributed by atoms with Gasteiger partial charge in [0.25, 0.3) is 0 Å².